The van der Waals surface area contributed by atoms with E-state index in [1.165, 1.54) is 51.6 Å². The Morgan fingerprint density at radius 1 is 1.18 bits per heavy atom. The lowest BCUT2D eigenvalue weighted by molar-refractivity contribution is 0.0185. The summed E-state index contributed by atoms with van der Waals surface area (Å²) >= 11 is 0. The second-order valence-corrected chi connectivity index (χ2v) is 5.73. The maximum atomic E-state index is 5.72. The number of nitrogens with one attached hydrogen (secondary N) is 1. The first kappa shape index (κ1) is 13.3. The van der Waals surface area contributed by atoms with Crippen LogP contribution in [0.5, 0.6) is 0 Å². The summed E-state index contributed by atoms with van der Waals surface area (Å²) < 4.78 is 5.72. The Labute approximate surface area is 106 Å². The molecular weight excluding hydrogens is 212 g/mol. The third kappa shape index (κ3) is 4.94. The van der Waals surface area contributed by atoms with Gasteiger partial charge in [-0.2, -0.15) is 0 Å². The number of morpholine rings is 1. The Bertz CT molecular complexity index is 198. The van der Waals surface area contributed by atoms with Crippen molar-refractivity contribution in [2.24, 2.45) is 5.92 Å². The van der Waals surface area contributed by atoms with E-state index in [0.717, 1.165) is 25.6 Å². The fourth-order valence-electron chi connectivity index (χ4n) is 2.98. The quantitative estimate of drug-likeness (QED) is 0.767. The van der Waals surface area contributed by atoms with E-state index in [0.29, 0.717) is 6.10 Å². The van der Waals surface area contributed by atoms with Crippen molar-refractivity contribution < 1.29 is 4.74 Å². The molecule has 1 saturated carbocycles. The molecule has 3 heteroatoms. The van der Waals surface area contributed by atoms with Crippen LogP contribution in [-0.2, 0) is 4.74 Å². The summed E-state index contributed by atoms with van der Waals surface area (Å²) in [4.78, 5) is 2.48. The lowest BCUT2D eigenvalue weighted by atomic mass is 10.0. The molecule has 3 nitrogen and oxygen atoms in total. The van der Waals surface area contributed by atoms with Crippen molar-refractivity contribution in [2.45, 2.75) is 44.6 Å². The molecule has 0 aromatic carbocycles. The van der Waals surface area contributed by atoms with Crippen LogP contribution < -0.4 is 5.32 Å². The van der Waals surface area contributed by atoms with Crippen molar-refractivity contribution in [3.05, 3.63) is 0 Å². The summed E-state index contributed by atoms with van der Waals surface area (Å²) in [6.45, 7) is 5.39. The summed E-state index contributed by atoms with van der Waals surface area (Å²) in [6.07, 6.45) is 8.91. The van der Waals surface area contributed by atoms with Gasteiger partial charge in [0.25, 0.3) is 0 Å². The minimum Gasteiger partial charge on any atom is -0.376 e. The Morgan fingerprint density at radius 2 is 1.94 bits per heavy atom. The highest BCUT2D eigenvalue weighted by molar-refractivity contribution is 4.71. The molecule has 0 aromatic rings. The molecule has 0 bridgehead atoms. The van der Waals surface area contributed by atoms with Crippen LogP contribution in [0.4, 0.5) is 0 Å². The van der Waals surface area contributed by atoms with E-state index in [1.807, 2.05) is 0 Å². The third-order valence-electron chi connectivity index (χ3n) is 4.23. The molecule has 1 aliphatic heterocycles. The van der Waals surface area contributed by atoms with Crippen LogP contribution in [0, 0.1) is 5.92 Å². The van der Waals surface area contributed by atoms with Crippen LogP contribution in [0.25, 0.3) is 0 Å². The maximum absolute atomic E-state index is 5.72. The van der Waals surface area contributed by atoms with Gasteiger partial charge in [0.15, 0.2) is 0 Å². The lowest BCUT2D eigenvalue weighted by Crippen LogP contribution is -2.40. The molecule has 1 atom stereocenters. The third-order valence-corrected chi connectivity index (χ3v) is 4.23. The summed E-state index contributed by atoms with van der Waals surface area (Å²) in [5.41, 5.74) is 0. The second-order valence-electron chi connectivity index (χ2n) is 5.73. The van der Waals surface area contributed by atoms with Gasteiger partial charge in [-0.15, -0.1) is 0 Å². The Balaban J connectivity index is 1.52. The van der Waals surface area contributed by atoms with Crippen LogP contribution in [0.2, 0.25) is 0 Å². The number of nitrogens with zero attached hydrogens (tertiary/aromatic N) is 1. The number of hydrogen-bond acceptors (Lipinski definition) is 3. The van der Waals surface area contributed by atoms with Gasteiger partial charge in [0.1, 0.15) is 0 Å². The van der Waals surface area contributed by atoms with E-state index in [-0.39, 0.29) is 0 Å². The van der Waals surface area contributed by atoms with E-state index >= 15 is 0 Å². The Hall–Kier alpha value is -0.120. The first-order valence-electron chi connectivity index (χ1n) is 7.35. The number of rotatable bonds is 6. The molecule has 0 radical (unpaired) electrons. The van der Waals surface area contributed by atoms with Crippen molar-refractivity contribution in [3.63, 3.8) is 0 Å². The van der Waals surface area contributed by atoms with Gasteiger partial charge in [0.2, 0.25) is 0 Å². The molecule has 0 amide bonds. The predicted molar refractivity (Wildman–Crippen MR) is 71.3 cm³/mol. The summed E-state index contributed by atoms with van der Waals surface area (Å²) in [5, 5.41) is 3.39. The molecule has 0 spiro atoms. The molecule has 1 saturated heterocycles. The van der Waals surface area contributed by atoms with Crippen LogP contribution in [0.1, 0.15) is 38.5 Å². The van der Waals surface area contributed by atoms with E-state index < -0.39 is 0 Å². The zero-order valence-corrected chi connectivity index (χ0v) is 11.3. The van der Waals surface area contributed by atoms with Gasteiger partial charge in [-0.3, -0.25) is 0 Å². The summed E-state index contributed by atoms with van der Waals surface area (Å²) in [6, 6.07) is 0. The molecule has 1 aliphatic carbocycles. The fourth-order valence-corrected chi connectivity index (χ4v) is 2.98. The lowest BCUT2D eigenvalue weighted by Gasteiger charge is -2.26. The molecule has 2 rings (SSSR count). The maximum Gasteiger partial charge on any atom is 0.0712 e. The van der Waals surface area contributed by atoms with E-state index in [1.54, 1.807) is 0 Å². The molecule has 100 valence electrons. The molecule has 2 aliphatic rings. The molecule has 2 fully saturated rings. The molecule has 17 heavy (non-hydrogen) atoms. The van der Waals surface area contributed by atoms with Crippen molar-refractivity contribution in [1.82, 2.24) is 10.2 Å². The fraction of sp³-hybridized carbons (Fsp3) is 1.00. The van der Waals surface area contributed by atoms with Gasteiger partial charge in [-0.1, -0.05) is 25.7 Å². The Morgan fingerprint density at radius 3 is 2.65 bits per heavy atom. The van der Waals surface area contributed by atoms with E-state index in [9.17, 15) is 0 Å². The van der Waals surface area contributed by atoms with Crippen LogP contribution in [-0.4, -0.2) is 50.8 Å². The first-order chi connectivity index (χ1) is 8.34. The second kappa shape index (κ2) is 7.34. The minimum atomic E-state index is 0.442. The van der Waals surface area contributed by atoms with E-state index in [4.69, 9.17) is 4.74 Å². The van der Waals surface area contributed by atoms with Gasteiger partial charge in [0, 0.05) is 19.6 Å². The van der Waals surface area contributed by atoms with Gasteiger partial charge in [-0.05, 0) is 32.4 Å². The zero-order valence-electron chi connectivity index (χ0n) is 11.3. The molecular formula is C14H28N2O. The monoisotopic (exact) mass is 240 g/mol. The highest BCUT2D eigenvalue weighted by Gasteiger charge is 2.16. The van der Waals surface area contributed by atoms with Crippen molar-refractivity contribution in [1.29, 1.82) is 0 Å². The predicted octanol–water partition coefficient (Wildman–Crippen LogP) is 1.88. The number of hydrogen-bond donors (Lipinski definition) is 1. The highest BCUT2D eigenvalue weighted by Crippen LogP contribution is 2.27. The van der Waals surface area contributed by atoms with E-state index in [2.05, 4.69) is 17.3 Å². The normalized spacial score (nSPS) is 26.8. The average Bonchev–Trinajstić information content (AvgIpc) is 2.88. The minimum absolute atomic E-state index is 0.442. The van der Waals surface area contributed by atoms with Gasteiger partial charge >= 0.3 is 0 Å². The summed E-state index contributed by atoms with van der Waals surface area (Å²) in [7, 11) is 2.26. The van der Waals surface area contributed by atoms with Gasteiger partial charge in [0.05, 0.1) is 12.7 Å². The zero-order chi connectivity index (χ0) is 11.9. The number of ether oxygens (including phenoxy) is 1. The molecule has 1 heterocycles. The van der Waals surface area contributed by atoms with Gasteiger partial charge in [-0.25, -0.2) is 0 Å². The van der Waals surface area contributed by atoms with Crippen LogP contribution in [0.3, 0.4) is 0 Å². The van der Waals surface area contributed by atoms with Crippen molar-refractivity contribution in [3.8, 4) is 0 Å². The highest BCUT2D eigenvalue weighted by atomic mass is 16.5. The smallest absolute Gasteiger partial charge is 0.0712 e. The SMILES string of the molecule is CN(CCC1CCCC1)CCC1CNCCO1. The standard InChI is InChI=1S/C14H28N2O/c1-16(9-6-13-4-2-3-5-13)10-7-14-12-15-8-11-17-14/h13-15H,2-12H2,1H3. The summed E-state index contributed by atoms with van der Waals surface area (Å²) in [5.74, 6) is 1.02. The van der Waals surface area contributed by atoms with Crippen molar-refractivity contribution >= 4 is 0 Å². The van der Waals surface area contributed by atoms with Crippen LogP contribution >= 0.6 is 0 Å². The topological polar surface area (TPSA) is 24.5 Å². The van der Waals surface area contributed by atoms with Crippen molar-refractivity contribution in [2.75, 3.05) is 39.8 Å². The average molecular weight is 240 g/mol. The van der Waals surface area contributed by atoms with Gasteiger partial charge < -0.3 is 15.0 Å². The molecule has 1 unspecified atom stereocenters. The van der Waals surface area contributed by atoms with Crippen LogP contribution in [0.15, 0.2) is 0 Å². The molecule has 0 aromatic heterocycles. The molecule has 1 N–H and O–H groups in total. The largest absolute Gasteiger partial charge is 0.376 e. The first-order valence-corrected chi connectivity index (χ1v) is 7.35. The Kier molecular flexibility index (Phi) is 5.75.